The monoisotopic (exact) mass is 389 g/mol. The highest BCUT2D eigenvalue weighted by Crippen LogP contribution is 2.30. The van der Waals surface area contributed by atoms with Gasteiger partial charge in [-0.05, 0) is 29.8 Å². The average molecular weight is 390 g/mol. The van der Waals surface area contributed by atoms with Gasteiger partial charge in [-0.2, -0.15) is 0 Å². The van der Waals surface area contributed by atoms with Crippen molar-refractivity contribution in [3.8, 4) is 11.4 Å². The lowest BCUT2D eigenvalue weighted by Crippen LogP contribution is -2.06. The predicted molar refractivity (Wildman–Crippen MR) is 101 cm³/mol. The SMILES string of the molecule is COC(=O)c1cccc(Cl)c1CSc1nnc(-c2ccc(N)nc2)n1C. The second kappa shape index (κ2) is 7.76. The van der Waals surface area contributed by atoms with E-state index in [9.17, 15) is 4.79 Å². The molecule has 0 aliphatic rings. The summed E-state index contributed by atoms with van der Waals surface area (Å²) in [7, 11) is 3.21. The Morgan fingerprint density at radius 1 is 1.31 bits per heavy atom. The quantitative estimate of drug-likeness (QED) is 0.528. The molecule has 0 spiro atoms. The summed E-state index contributed by atoms with van der Waals surface area (Å²) in [5.74, 6) is 1.15. The van der Waals surface area contributed by atoms with Gasteiger partial charge in [-0.25, -0.2) is 9.78 Å². The lowest BCUT2D eigenvalue weighted by atomic mass is 10.1. The number of nitrogens with zero attached hydrogens (tertiary/aromatic N) is 4. The molecule has 2 aromatic heterocycles. The van der Waals surface area contributed by atoms with Crippen molar-refractivity contribution in [2.24, 2.45) is 7.05 Å². The molecule has 0 amide bonds. The molecule has 0 fully saturated rings. The number of nitrogen functional groups attached to an aromatic ring is 1. The van der Waals surface area contributed by atoms with Crippen LogP contribution in [0.15, 0.2) is 41.7 Å². The number of nitrogens with two attached hydrogens (primary N) is 1. The van der Waals surface area contributed by atoms with Crippen molar-refractivity contribution in [3.63, 3.8) is 0 Å². The van der Waals surface area contributed by atoms with Gasteiger partial charge in [-0.1, -0.05) is 29.4 Å². The Balaban J connectivity index is 1.84. The molecule has 0 atom stereocenters. The topological polar surface area (TPSA) is 95.9 Å². The van der Waals surface area contributed by atoms with Crippen LogP contribution in [0.5, 0.6) is 0 Å². The summed E-state index contributed by atoms with van der Waals surface area (Å²) in [6.45, 7) is 0. The van der Waals surface area contributed by atoms with Gasteiger partial charge in [0, 0.05) is 29.6 Å². The van der Waals surface area contributed by atoms with Crippen LogP contribution in [0, 0.1) is 0 Å². The normalized spacial score (nSPS) is 10.7. The highest BCUT2D eigenvalue weighted by molar-refractivity contribution is 7.98. The summed E-state index contributed by atoms with van der Waals surface area (Å²) in [4.78, 5) is 16.0. The first kappa shape index (κ1) is 18.2. The second-order valence-electron chi connectivity index (χ2n) is 5.38. The van der Waals surface area contributed by atoms with E-state index in [2.05, 4.69) is 15.2 Å². The van der Waals surface area contributed by atoms with Crippen LogP contribution >= 0.6 is 23.4 Å². The minimum absolute atomic E-state index is 0.422. The molecular weight excluding hydrogens is 374 g/mol. The molecule has 7 nitrogen and oxygen atoms in total. The molecule has 1 aromatic carbocycles. The highest BCUT2D eigenvalue weighted by atomic mass is 35.5. The first-order chi connectivity index (χ1) is 12.5. The zero-order valence-corrected chi connectivity index (χ0v) is 15.7. The molecule has 3 rings (SSSR count). The summed E-state index contributed by atoms with van der Waals surface area (Å²) in [6.07, 6.45) is 1.65. The lowest BCUT2D eigenvalue weighted by Gasteiger charge is -2.09. The van der Waals surface area contributed by atoms with Gasteiger partial charge < -0.3 is 15.0 Å². The van der Waals surface area contributed by atoms with E-state index in [1.165, 1.54) is 18.9 Å². The number of aromatic nitrogens is 4. The van der Waals surface area contributed by atoms with Crippen LogP contribution in [0.3, 0.4) is 0 Å². The first-order valence-corrected chi connectivity index (χ1v) is 8.97. The number of thioether (sulfide) groups is 1. The molecule has 0 bridgehead atoms. The third-order valence-corrected chi connectivity index (χ3v) is 5.15. The number of hydrogen-bond acceptors (Lipinski definition) is 7. The molecule has 2 heterocycles. The van der Waals surface area contributed by atoms with E-state index >= 15 is 0 Å². The molecule has 0 aliphatic carbocycles. The van der Waals surface area contributed by atoms with E-state index in [0.29, 0.717) is 38.7 Å². The summed E-state index contributed by atoms with van der Waals surface area (Å²) in [5.41, 5.74) is 7.57. The van der Waals surface area contributed by atoms with Crippen molar-refractivity contribution in [3.05, 3.63) is 52.7 Å². The van der Waals surface area contributed by atoms with Crippen molar-refractivity contribution < 1.29 is 9.53 Å². The van der Waals surface area contributed by atoms with Gasteiger partial charge in [-0.15, -0.1) is 10.2 Å². The van der Waals surface area contributed by atoms with Gasteiger partial charge in [0.15, 0.2) is 11.0 Å². The van der Waals surface area contributed by atoms with Crippen LogP contribution in [-0.4, -0.2) is 32.8 Å². The van der Waals surface area contributed by atoms with Crippen LogP contribution < -0.4 is 5.73 Å². The number of esters is 1. The van der Waals surface area contributed by atoms with Crippen LogP contribution in [0.25, 0.3) is 11.4 Å². The van der Waals surface area contributed by atoms with Crippen molar-refractivity contribution in [2.75, 3.05) is 12.8 Å². The first-order valence-electron chi connectivity index (χ1n) is 7.61. The fraction of sp³-hybridized carbons (Fsp3) is 0.176. The zero-order valence-electron chi connectivity index (χ0n) is 14.1. The smallest absolute Gasteiger partial charge is 0.338 e. The van der Waals surface area contributed by atoms with Crippen molar-refractivity contribution >= 4 is 35.1 Å². The Morgan fingerprint density at radius 2 is 2.12 bits per heavy atom. The molecule has 0 unspecified atom stereocenters. The van der Waals surface area contributed by atoms with Gasteiger partial charge in [-0.3, -0.25) is 0 Å². The number of pyridine rings is 1. The maximum absolute atomic E-state index is 11.9. The Morgan fingerprint density at radius 3 is 2.81 bits per heavy atom. The number of ether oxygens (including phenoxy) is 1. The number of rotatable bonds is 5. The maximum Gasteiger partial charge on any atom is 0.338 e. The third-order valence-electron chi connectivity index (χ3n) is 3.75. The van der Waals surface area contributed by atoms with E-state index in [-0.39, 0.29) is 0 Å². The van der Waals surface area contributed by atoms with Crippen molar-refractivity contribution in [1.29, 1.82) is 0 Å². The molecule has 0 radical (unpaired) electrons. The number of carbonyl (C=O) groups excluding carboxylic acids is 1. The highest BCUT2D eigenvalue weighted by Gasteiger charge is 2.17. The van der Waals surface area contributed by atoms with Crippen LogP contribution in [-0.2, 0) is 17.5 Å². The predicted octanol–water partition coefficient (Wildman–Crippen LogP) is 3.19. The molecule has 9 heteroatoms. The van der Waals surface area contributed by atoms with Crippen molar-refractivity contribution in [1.82, 2.24) is 19.7 Å². The summed E-state index contributed by atoms with van der Waals surface area (Å²) >= 11 is 7.70. The summed E-state index contributed by atoms with van der Waals surface area (Å²) in [6, 6.07) is 8.70. The minimum atomic E-state index is -0.422. The molecule has 0 aliphatic heterocycles. The van der Waals surface area contributed by atoms with E-state index in [4.69, 9.17) is 22.1 Å². The summed E-state index contributed by atoms with van der Waals surface area (Å²) < 4.78 is 6.68. The van der Waals surface area contributed by atoms with Crippen molar-refractivity contribution in [2.45, 2.75) is 10.9 Å². The van der Waals surface area contributed by atoms with Gasteiger partial charge in [0.2, 0.25) is 0 Å². The van der Waals surface area contributed by atoms with E-state index in [0.717, 1.165) is 5.56 Å². The average Bonchev–Trinajstić information content (AvgIpc) is 3.01. The number of halogens is 1. The number of anilines is 1. The Labute approximate surface area is 159 Å². The third kappa shape index (κ3) is 3.66. The molecular formula is C17H16ClN5O2S. The van der Waals surface area contributed by atoms with Gasteiger partial charge in [0.05, 0.1) is 12.7 Å². The van der Waals surface area contributed by atoms with Gasteiger partial charge in [0.1, 0.15) is 5.82 Å². The largest absolute Gasteiger partial charge is 0.465 e. The number of carbonyl (C=O) groups is 1. The fourth-order valence-electron chi connectivity index (χ4n) is 2.37. The Kier molecular flexibility index (Phi) is 5.43. The van der Waals surface area contributed by atoms with Crippen LogP contribution in [0.2, 0.25) is 5.02 Å². The van der Waals surface area contributed by atoms with Crippen LogP contribution in [0.4, 0.5) is 5.82 Å². The lowest BCUT2D eigenvalue weighted by molar-refractivity contribution is 0.0600. The molecule has 0 saturated carbocycles. The Hall–Kier alpha value is -2.58. The molecule has 134 valence electrons. The molecule has 2 N–H and O–H groups in total. The van der Waals surface area contributed by atoms with E-state index in [1.807, 2.05) is 17.7 Å². The van der Waals surface area contributed by atoms with E-state index in [1.54, 1.807) is 30.5 Å². The molecule has 0 saturated heterocycles. The fourth-order valence-corrected chi connectivity index (χ4v) is 3.66. The zero-order chi connectivity index (χ0) is 18.7. The van der Waals surface area contributed by atoms with Gasteiger partial charge >= 0.3 is 5.97 Å². The van der Waals surface area contributed by atoms with Gasteiger partial charge in [0.25, 0.3) is 0 Å². The number of benzene rings is 1. The number of hydrogen-bond donors (Lipinski definition) is 1. The minimum Gasteiger partial charge on any atom is -0.465 e. The molecule has 26 heavy (non-hydrogen) atoms. The standard InChI is InChI=1S/C17H16ClN5O2S/c1-23-15(10-6-7-14(19)20-8-10)21-22-17(23)26-9-12-11(16(24)25-2)4-3-5-13(12)18/h3-8H,9H2,1-2H3,(H2,19,20). The number of methoxy groups -OCH3 is 1. The molecule has 3 aromatic rings. The maximum atomic E-state index is 11.9. The summed E-state index contributed by atoms with van der Waals surface area (Å²) in [5, 5.41) is 9.62. The second-order valence-corrected chi connectivity index (χ2v) is 6.73. The van der Waals surface area contributed by atoms with Crippen LogP contribution in [0.1, 0.15) is 15.9 Å². The van der Waals surface area contributed by atoms with E-state index < -0.39 is 5.97 Å². The Bertz CT molecular complexity index is 943.